The predicted octanol–water partition coefficient (Wildman–Crippen LogP) is 1.10. The SMILES string of the molecule is CC[NH+](CC)CCCn1c(=S)[nH]c2cc3c(cc2c1=O)OCO3. The summed E-state index contributed by atoms with van der Waals surface area (Å²) in [6, 6.07) is 3.51. The zero-order valence-electron chi connectivity index (χ0n) is 13.5. The van der Waals surface area contributed by atoms with Crippen LogP contribution in [0.4, 0.5) is 0 Å². The standard InChI is InChI=1S/C16H21N3O3S/c1-3-18(4-2)6-5-7-19-15(20)11-8-13-14(22-10-21-13)9-12(11)17-16(19)23/h8-9H,3-7,10H2,1-2H3,(H,17,23)/p+1. The Morgan fingerprint density at radius 3 is 2.65 bits per heavy atom. The minimum absolute atomic E-state index is 0.0726. The molecule has 3 rings (SSSR count). The maximum atomic E-state index is 12.7. The van der Waals surface area contributed by atoms with Gasteiger partial charge in [0.05, 0.1) is 30.5 Å². The second kappa shape index (κ2) is 6.72. The number of nitrogens with zero attached hydrogens (tertiary/aromatic N) is 1. The van der Waals surface area contributed by atoms with E-state index in [0.29, 0.717) is 33.7 Å². The highest BCUT2D eigenvalue weighted by atomic mass is 32.1. The molecule has 0 atom stereocenters. The van der Waals surface area contributed by atoms with Crippen molar-refractivity contribution >= 4 is 23.1 Å². The molecule has 124 valence electrons. The molecule has 0 aliphatic carbocycles. The summed E-state index contributed by atoms with van der Waals surface area (Å²) in [5.74, 6) is 1.25. The van der Waals surface area contributed by atoms with Crippen molar-refractivity contribution in [3.05, 3.63) is 27.3 Å². The average Bonchev–Trinajstić information content (AvgIpc) is 3.00. The van der Waals surface area contributed by atoms with Crippen molar-refractivity contribution in [2.45, 2.75) is 26.8 Å². The highest BCUT2D eigenvalue weighted by Gasteiger charge is 2.17. The van der Waals surface area contributed by atoms with Gasteiger partial charge in [0.15, 0.2) is 16.3 Å². The molecule has 0 saturated carbocycles. The maximum Gasteiger partial charge on any atom is 0.262 e. The third-order valence-corrected chi connectivity index (χ3v) is 4.71. The highest BCUT2D eigenvalue weighted by Crippen LogP contribution is 2.34. The second-order valence-corrected chi connectivity index (χ2v) is 6.09. The van der Waals surface area contributed by atoms with Crippen LogP contribution in [-0.2, 0) is 6.54 Å². The summed E-state index contributed by atoms with van der Waals surface area (Å²) in [5, 5.41) is 0.582. The zero-order valence-corrected chi connectivity index (χ0v) is 14.3. The monoisotopic (exact) mass is 336 g/mol. The molecule has 0 radical (unpaired) electrons. The number of rotatable bonds is 6. The van der Waals surface area contributed by atoms with E-state index >= 15 is 0 Å². The number of quaternary nitrogens is 1. The first-order chi connectivity index (χ1) is 11.1. The number of fused-ring (bicyclic) bond motifs is 2. The number of hydrogen-bond acceptors (Lipinski definition) is 4. The second-order valence-electron chi connectivity index (χ2n) is 5.70. The van der Waals surface area contributed by atoms with Gasteiger partial charge in [0.2, 0.25) is 6.79 Å². The summed E-state index contributed by atoms with van der Waals surface area (Å²) in [5.41, 5.74) is 0.617. The van der Waals surface area contributed by atoms with Gasteiger partial charge in [-0.2, -0.15) is 0 Å². The average molecular weight is 336 g/mol. The van der Waals surface area contributed by atoms with Gasteiger partial charge in [-0.05, 0) is 32.1 Å². The van der Waals surface area contributed by atoms with E-state index < -0.39 is 0 Å². The van der Waals surface area contributed by atoms with Crippen LogP contribution in [0.15, 0.2) is 16.9 Å². The Kier molecular flexibility index (Phi) is 4.68. The molecule has 2 heterocycles. The normalized spacial score (nSPS) is 13.2. The van der Waals surface area contributed by atoms with Gasteiger partial charge in [0, 0.05) is 19.0 Å². The molecule has 1 aromatic heterocycles. The Bertz CT molecular complexity index is 824. The molecule has 1 aliphatic heterocycles. The Balaban J connectivity index is 1.90. The number of aromatic amines is 1. The van der Waals surface area contributed by atoms with E-state index in [2.05, 4.69) is 18.8 Å². The van der Waals surface area contributed by atoms with Crippen molar-refractivity contribution in [3.8, 4) is 11.5 Å². The fourth-order valence-corrected chi connectivity index (χ4v) is 3.22. The minimum Gasteiger partial charge on any atom is -0.454 e. The van der Waals surface area contributed by atoms with E-state index in [1.807, 2.05) is 0 Å². The van der Waals surface area contributed by atoms with Gasteiger partial charge in [0.25, 0.3) is 5.56 Å². The summed E-state index contributed by atoms with van der Waals surface area (Å²) in [6.45, 7) is 8.40. The van der Waals surface area contributed by atoms with E-state index in [1.54, 1.807) is 16.7 Å². The minimum atomic E-state index is -0.0726. The van der Waals surface area contributed by atoms with Crippen LogP contribution in [0.5, 0.6) is 11.5 Å². The summed E-state index contributed by atoms with van der Waals surface area (Å²) < 4.78 is 12.8. The number of aromatic nitrogens is 2. The van der Waals surface area contributed by atoms with Crippen LogP contribution in [-0.4, -0.2) is 36.0 Å². The van der Waals surface area contributed by atoms with Crippen LogP contribution < -0.4 is 19.9 Å². The number of hydrogen-bond donors (Lipinski definition) is 2. The van der Waals surface area contributed by atoms with Gasteiger partial charge in [-0.3, -0.25) is 9.36 Å². The molecule has 0 spiro atoms. The lowest BCUT2D eigenvalue weighted by Gasteiger charge is -2.15. The fourth-order valence-electron chi connectivity index (χ4n) is 2.94. The van der Waals surface area contributed by atoms with Gasteiger partial charge < -0.3 is 19.4 Å². The predicted molar refractivity (Wildman–Crippen MR) is 91.0 cm³/mol. The zero-order chi connectivity index (χ0) is 16.4. The lowest BCUT2D eigenvalue weighted by atomic mass is 10.2. The first kappa shape index (κ1) is 16.0. The first-order valence-corrected chi connectivity index (χ1v) is 8.45. The van der Waals surface area contributed by atoms with Crippen molar-refractivity contribution in [1.82, 2.24) is 9.55 Å². The molecule has 0 amide bonds. The summed E-state index contributed by atoms with van der Waals surface area (Å²) in [4.78, 5) is 17.4. The maximum absolute atomic E-state index is 12.7. The van der Waals surface area contributed by atoms with Crippen LogP contribution >= 0.6 is 12.2 Å². The first-order valence-electron chi connectivity index (χ1n) is 8.04. The summed E-state index contributed by atoms with van der Waals surface area (Å²) in [7, 11) is 0. The molecule has 0 bridgehead atoms. The van der Waals surface area contributed by atoms with E-state index in [0.717, 1.165) is 26.1 Å². The molecule has 0 saturated heterocycles. The molecular formula is C16H22N3O3S+. The number of H-pyrrole nitrogens is 1. The van der Waals surface area contributed by atoms with Crippen LogP contribution in [0.3, 0.4) is 0 Å². The molecule has 1 aliphatic rings. The van der Waals surface area contributed by atoms with Gasteiger partial charge in [-0.25, -0.2) is 0 Å². The Morgan fingerprint density at radius 1 is 1.26 bits per heavy atom. The third kappa shape index (κ3) is 3.11. The van der Waals surface area contributed by atoms with Crippen LogP contribution in [0.25, 0.3) is 10.9 Å². The quantitative estimate of drug-likeness (QED) is 0.776. The van der Waals surface area contributed by atoms with Crippen LogP contribution in [0, 0.1) is 4.77 Å². The fraction of sp³-hybridized carbons (Fsp3) is 0.500. The summed E-state index contributed by atoms with van der Waals surface area (Å²) >= 11 is 5.36. The molecule has 6 nitrogen and oxygen atoms in total. The lowest BCUT2D eigenvalue weighted by molar-refractivity contribution is -0.896. The molecule has 1 aromatic carbocycles. The Labute approximate surface area is 139 Å². The van der Waals surface area contributed by atoms with E-state index in [9.17, 15) is 4.79 Å². The van der Waals surface area contributed by atoms with E-state index in [-0.39, 0.29) is 12.4 Å². The molecular weight excluding hydrogens is 314 g/mol. The molecule has 23 heavy (non-hydrogen) atoms. The van der Waals surface area contributed by atoms with Gasteiger partial charge in [-0.1, -0.05) is 0 Å². The van der Waals surface area contributed by atoms with Crippen molar-refractivity contribution in [1.29, 1.82) is 0 Å². The largest absolute Gasteiger partial charge is 0.454 e. The topological polar surface area (TPSA) is 60.7 Å². The molecule has 2 N–H and O–H groups in total. The van der Waals surface area contributed by atoms with E-state index in [1.165, 1.54) is 4.90 Å². The van der Waals surface area contributed by atoms with Gasteiger partial charge in [-0.15, -0.1) is 0 Å². The molecule has 7 heteroatoms. The Morgan fingerprint density at radius 2 is 1.96 bits per heavy atom. The third-order valence-electron chi connectivity index (χ3n) is 4.39. The lowest BCUT2D eigenvalue weighted by Crippen LogP contribution is -3.11. The molecule has 0 unspecified atom stereocenters. The summed E-state index contributed by atoms with van der Waals surface area (Å²) in [6.07, 6.45) is 0.921. The smallest absolute Gasteiger partial charge is 0.262 e. The molecule has 2 aromatic rings. The number of ether oxygens (including phenoxy) is 2. The van der Waals surface area contributed by atoms with Crippen molar-refractivity contribution in [2.24, 2.45) is 0 Å². The van der Waals surface area contributed by atoms with Gasteiger partial charge in [0.1, 0.15) is 0 Å². The van der Waals surface area contributed by atoms with E-state index in [4.69, 9.17) is 21.7 Å². The number of benzene rings is 1. The van der Waals surface area contributed by atoms with Crippen molar-refractivity contribution in [2.75, 3.05) is 26.4 Å². The van der Waals surface area contributed by atoms with Gasteiger partial charge >= 0.3 is 0 Å². The van der Waals surface area contributed by atoms with Crippen LogP contribution in [0.2, 0.25) is 0 Å². The van der Waals surface area contributed by atoms with Crippen molar-refractivity contribution < 1.29 is 14.4 Å². The molecule has 0 fully saturated rings. The Hall–Kier alpha value is -1.86. The van der Waals surface area contributed by atoms with Crippen molar-refractivity contribution in [3.63, 3.8) is 0 Å². The van der Waals surface area contributed by atoms with Crippen LogP contribution in [0.1, 0.15) is 20.3 Å². The highest BCUT2D eigenvalue weighted by molar-refractivity contribution is 7.71. The number of nitrogens with one attached hydrogen (secondary N) is 2.